The molecule has 3 aromatic rings. The second-order valence-corrected chi connectivity index (χ2v) is 10.9. The number of hydrogen-bond acceptors (Lipinski definition) is 6. The first-order valence-corrected chi connectivity index (χ1v) is 12.7. The molecule has 0 radical (unpaired) electrons. The van der Waals surface area contributed by atoms with Gasteiger partial charge in [-0.3, -0.25) is 14.3 Å². The van der Waals surface area contributed by atoms with Gasteiger partial charge in [-0.05, 0) is 55.5 Å². The molecule has 2 amide bonds. The summed E-state index contributed by atoms with van der Waals surface area (Å²) in [5.41, 5.74) is 1.66. The molecule has 0 unspecified atom stereocenters. The zero-order chi connectivity index (χ0) is 23.8. The highest BCUT2D eigenvalue weighted by Gasteiger charge is 2.41. The Bertz CT molecular complexity index is 1450. The van der Waals surface area contributed by atoms with Gasteiger partial charge in [0.05, 0.1) is 10.5 Å². The molecule has 3 aromatic carbocycles. The summed E-state index contributed by atoms with van der Waals surface area (Å²) in [6, 6.07) is 17.9. The van der Waals surface area contributed by atoms with Gasteiger partial charge in [-0.15, -0.1) is 0 Å². The lowest BCUT2D eigenvalue weighted by Crippen LogP contribution is -2.37. The molecule has 2 N–H and O–H groups in total. The molecule has 1 aliphatic heterocycles. The maximum absolute atomic E-state index is 12.6. The third-order valence-corrected chi connectivity index (χ3v) is 8.14. The van der Waals surface area contributed by atoms with E-state index in [9.17, 15) is 26.4 Å². The Morgan fingerprint density at radius 2 is 1.52 bits per heavy atom. The Morgan fingerprint density at radius 1 is 0.909 bits per heavy atom. The van der Waals surface area contributed by atoms with E-state index < -0.39 is 38.4 Å². The molecular weight excluding hydrogens is 466 g/mol. The van der Waals surface area contributed by atoms with Crippen LogP contribution in [-0.2, 0) is 24.8 Å². The van der Waals surface area contributed by atoms with E-state index in [0.29, 0.717) is 9.99 Å². The summed E-state index contributed by atoms with van der Waals surface area (Å²) in [5.74, 6) is -1.52. The number of nitrogens with zero attached hydrogens (tertiary/aromatic N) is 1. The highest BCUT2D eigenvalue weighted by Crippen LogP contribution is 2.29. The van der Waals surface area contributed by atoms with Crippen molar-refractivity contribution in [1.29, 1.82) is 0 Å². The summed E-state index contributed by atoms with van der Waals surface area (Å²) in [5, 5.41) is 2.48. The molecular formula is C22H19N3O6S2. The normalized spacial score (nSPS) is 14.6. The molecule has 0 saturated heterocycles. The number of nitrogens with one attached hydrogen (secondary N) is 2. The number of fused-ring (bicyclic) bond motifs is 1. The van der Waals surface area contributed by atoms with Crippen molar-refractivity contribution in [2.24, 2.45) is 0 Å². The average molecular weight is 486 g/mol. The molecule has 0 aliphatic carbocycles. The molecule has 9 nitrogen and oxygen atoms in total. The fourth-order valence-corrected chi connectivity index (χ4v) is 5.86. The van der Waals surface area contributed by atoms with Crippen LogP contribution in [0.5, 0.6) is 0 Å². The van der Waals surface area contributed by atoms with Crippen LogP contribution in [0.25, 0.3) is 0 Å². The Labute approximate surface area is 191 Å². The maximum atomic E-state index is 12.6. The average Bonchev–Trinajstić information content (AvgIpc) is 2.96. The van der Waals surface area contributed by atoms with E-state index in [-0.39, 0.29) is 21.0 Å². The lowest BCUT2D eigenvalue weighted by Gasteiger charge is -2.15. The number of benzene rings is 3. The second-order valence-electron chi connectivity index (χ2n) is 7.36. The predicted octanol–water partition coefficient (Wildman–Crippen LogP) is 2.58. The van der Waals surface area contributed by atoms with Crippen molar-refractivity contribution in [2.75, 3.05) is 16.6 Å². The molecule has 11 heteroatoms. The van der Waals surface area contributed by atoms with E-state index in [1.54, 1.807) is 30.3 Å². The third kappa shape index (κ3) is 4.45. The van der Waals surface area contributed by atoms with Crippen LogP contribution in [0.15, 0.2) is 82.6 Å². The molecule has 0 aromatic heterocycles. The zero-order valence-corrected chi connectivity index (χ0v) is 19.0. The summed E-state index contributed by atoms with van der Waals surface area (Å²) in [7, 11) is -7.94. The fourth-order valence-electron chi connectivity index (χ4n) is 3.27. The first-order chi connectivity index (χ1) is 15.6. The number of hydrogen-bond donors (Lipinski definition) is 2. The lowest BCUT2D eigenvalue weighted by molar-refractivity contribution is -0.116. The van der Waals surface area contributed by atoms with E-state index in [0.717, 1.165) is 5.56 Å². The molecule has 1 heterocycles. The first kappa shape index (κ1) is 22.5. The van der Waals surface area contributed by atoms with Gasteiger partial charge in [0.15, 0.2) is 0 Å². The maximum Gasteiger partial charge on any atom is 0.269 e. The molecule has 4 rings (SSSR count). The Hall–Kier alpha value is -3.70. The lowest BCUT2D eigenvalue weighted by atomic mass is 10.2. The Morgan fingerprint density at radius 3 is 2.15 bits per heavy atom. The number of carbonyl (C=O) groups excluding carboxylic acids is 2. The van der Waals surface area contributed by atoms with Crippen molar-refractivity contribution < 1.29 is 26.4 Å². The molecule has 0 bridgehead atoms. The van der Waals surface area contributed by atoms with Crippen LogP contribution < -0.4 is 10.0 Å². The van der Waals surface area contributed by atoms with Gasteiger partial charge < -0.3 is 5.32 Å². The molecule has 170 valence electrons. The van der Waals surface area contributed by atoms with Gasteiger partial charge >= 0.3 is 0 Å². The van der Waals surface area contributed by atoms with Gasteiger partial charge in [-0.2, -0.15) is 0 Å². The predicted molar refractivity (Wildman–Crippen MR) is 122 cm³/mol. The minimum Gasteiger partial charge on any atom is -0.325 e. The third-order valence-electron chi connectivity index (χ3n) is 4.95. The molecule has 0 spiro atoms. The summed E-state index contributed by atoms with van der Waals surface area (Å²) >= 11 is 0. The van der Waals surface area contributed by atoms with Crippen molar-refractivity contribution in [3.05, 3.63) is 83.9 Å². The highest BCUT2D eigenvalue weighted by molar-refractivity contribution is 7.92. The number of sulfonamides is 2. The van der Waals surface area contributed by atoms with E-state index in [2.05, 4.69) is 10.0 Å². The van der Waals surface area contributed by atoms with Crippen LogP contribution >= 0.6 is 0 Å². The van der Waals surface area contributed by atoms with Gasteiger partial charge in [0.1, 0.15) is 11.4 Å². The summed E-state index contributed by atoms with van der Waals surface area (Å²) < 4.78 is 53.2. The molecule has 33 heavy (non-hydrogen) atoms. The summed E-state index contributed by atoms with van der Waals surface area (Å²) in [4.78, 5) is 24.7. The van der Waals surface area contributed by atoms with Crippen molar-refractivity contribution in [3.8, 4) is 0 Å². The van der Waals surface area contributed by atoms with E-state index in [1.165, 1.54) is 42.5 Å². The van der Waals surface area contributed by atoms with E-state index >= 15 is 0 Å². The van der Waals surface area contributed by atoms with Crippen molar-refractivity contribution in [2.45, 2.75) is 16.7 Å². The Kier molecular flexibility index (Phi) is 5.68. The van der Waals surface area contributed by atoms with Crippen molar-refractivity contribution in [1.82, 2.24) is 4.31 Å². The Balaban J connectivity index is 1.44. The summed E-state index contributed by atoms with van der Waals surface area (Å²) in [6.07, 6.45) is 0. The minimum atomic E-state index is -4.11. The largest absolute Gasteiger partial charge is 0.325 e. The van der Waals surface area contributed by atoms with Crippen molar-refractivity contribution >= 4 is 43.2 Å². The van der Waals surface area contributed by atoms with Crippen LogP contribution in [-0.4, -0.2) is 39.5 Å². The molecule has 1 aliphatic rings. The quantitative estimate of drug-likeness (QED) is 0.552. The fraction of sp³-hybridized carbons (Fsp3) is 0.0909. The van der Waals surface area contributed by atoms with Crippen LogP contribution in [0, 0.1) is 6.92 Å². The van der Waals surface area contributed by atoms with Gasteiger partial charge in [0, 0.05) is 11.4 Å². The molecule has 0 fully saturated rings. The van der Waals surface area contributed by atoms with E-state index in [1.807, 2.05) is 6.92 Å². The van der Waals surface area contributed by atoms with Gasteiger partial charge in [0.2, 0.25) is 5.91 Å². The number of carbonyl (C=O) groups is 2. The standard InChI is InChI=1S/C22H19N3O6S2/c1-15-6-8-17(9-7-15)24-32(28,29)18-12-10-16(11-13-18)23-21(26)14-25-22(27)19-4-2-3-5-20(19)33(25,30)31/h2-13,24H,14H2,1H3,(H,23,26). The van der Waals surface area contributed by atoms with E-state index in [4.69, 9.17) is 0 Å². The topological polar surface area (TPSA) is 130 Å². The number of rotatable bonds is 6. The second kappa shape index (κ2) is 8.34. The molecule has 0 saturated carbocycles. The molecule has 0 atom stereocenters. The number of amides is 2. The van der Waals surface area contributed by atoms with Crippen LogP contribution in [0.3, 0.4) is 0 Å². The first-order valence-electron chi connectivity index (χ1n) is 9.73. The number of anilines is 2. The number of aryl methyl sites for hydroxylation is 1. The highest BCUT2D eigenvalue weighted by atomic mass is 32.2. The monoisotopic (exact) mass is 485 g/mol. The van der Waals surface area contributed by atoms with Gasteiger partial charge in [-0.25, -0.2) is 21.1 Å². The zero-order valence-electron chi connectivity index (χ0n) is 17.3. The van der Waals surface area contributed by atoms with Crippen molar-refractivity contribution in [3.63, 3.8) is 0 Å². The van der Waals surface area contributed by atoms with Crippen LogP contribution in [0.4, 0.5) is 11.4 Å². The summed E-state index contributed by atoms with van der Waals surface area (Å²) in [6.45, 7) is 1.18. The smallest absolute Gasteiger partial charge is 0.269 e. The van der Waals surface area contributed by atoms with Crippen LogP contribution in [0.2, 0.25) is 0 Å². The van der Waals surface area contributed by atoms with Gasteiger partial charge in [-0.1, -0.05) is 29.8 Å². The minimum absolute atomic E-state index is 0.0148. The SMILES string of the molecule is Cc1ccc(NS(=O)(=O)c2ccc(NC(=O)CN3C(=O)c4ccccc4S3(=O)=O)cc2)cc1. The van der Waals surface area contributed by atoms with Gasteiger partial charge in [0.25, 0.3) is 26.0 Å². The van der Waals surface area contributed by atoms with Crippen LogP contribution in [0.1, 0.15) is 15.9 Å².